The Labute approximate surface area is 171 Å². The smallest absolute Gasteiger partial charge is 0.328 e. The van der Waals surface area contributed by atoms with E-state index in [1.54, 1.807) is 17.0 Å². The van der Waals surface area contributed by atoms with Gasteiger partial charge in [0.25, 0.3) is 5.91 Å². The molecule has 7 nitrogen and oxygen atoms in total. The second-order valence-electron chi connectivity index (χ2n) is 8.05. The van der Waals surface area contributed by atoms with Crippen LogP contribution in [0.2, 0.25) is 0 Å². The molecule has 29 heavy (non-hydrogen) atoms. The van der Waals surface area contributed by atoms with E-state index in [0.29, 0.717) is 6.42 Å². The number of urea groups is 1. The number of benzene rings is 1. The lowest BCUT2D eigenvalue weighted by Gasteiger charge is -2.39. The highest BCUT2D eigenvalue weighted by atomic mass is 16.3. The Bertz CT molecular complexity index is 838. The standard InChI is InChI=1S/C22H28N4O3/c1-16(2)25-15-21(28)26(22(25)29)19-5-3-17(4-6-19)23-11-13-24(14-12-23)18-7-9-20(27)10-8-18/h3-5,7-10,16,19,27H,6,11-15H2,1-2H3. The molecule has 1 N–H and O–H groups in total. The lowest BCUT2D eigenvalue weighted by Crippen LogP contribution is -2.46. The summed E-state index contributed by atoms with van der Waals surface area (Å²) in [7, 11) is 0. The Balaban J connectivity index is 1.34. The molecule has 3 amide bonds. The zero-order chi connectivity index (χ0) is 20.5. The molecule has 0 saturated carbocycles. The summed E-state index contributed by atoms with van der Waals surface area (Å²) in [4.78, 5) is 32.6. The van der Waals surface area contributed by atoms with Crippen LogP contribution in [0.1, 0.15) is 20.3 Å². The van der Waals surface area contributed by atoms with Crippen molar-refractivity contribution in [1.29, 1.82) is 0 Å². The Morgan fingerprint density at radius 1 is 1.00 bits per heavy atom. The number of piperazine rings is 1. The van der Waals surface area contributed by atoms with Gasteiger partial charge in [-0.1, -0.05) is 12.2 Å². The van der Waals surface area contributed by atoms with E-state index < -0.39 is 0 Å². The Morgan fingerprint density at radius 2 is 1.66 bits per heavy atom. The number of nitrogens with zero attached hydrogens (tertiary/aromatic N) is 4. The maximum atomic E-state index is 12.6. The summed E-state index contributed by atoms with van der Waals surface area (Å²) in [5, 5.41) is 9.45. The molecule has 2 heterocycles. The maximum Gasteiger partial charge on any atom is 0.328 e. The van der Waals surface area contributed by atoms with Crippen LogP contribution in [0.25, 0.3) is 0 Å². The second kappa shape index (κ2) is 7.81. The van der Waals surface area contributed by atoms with Crippen LogP contribution in [0.4, 0.5) is 10.5 Å². The minimum Gasteiger partial charge on any atom is -0.508 e. The number of phenols is 1. The highest BCUT2D eigenvalue weighted by molar-refractivity contribution is 6.02. The summed E-state index contributed by atoms with van der Waals surface area (Å²) in [6.07, 6.45) is 6.83. The highest BCUT2D eigenvalue weighted by Gasteiger charge is 2.40. The van der Waals surface area contributed by atoms with E-state index in [0.717, 1.165) is 37.6 Å². The van der Waals surface area contributed by atoms with Crippen LogP contribution in [0.5, 0.6) is 5.75 Å². The Morgan fingerprint density at radius 3 is 2.21 bits per heavy atom. The van der Waals surface area contributed by atoms with Gasteiger partial charge in [0.1, 0.15) is 12.3 Å². The van der Waals surface area contributed by atoms with Crippen LogP contribution in [0, 0.1) is 0 Å². The summed E-state index contributed by atoms with van der Waals surface area (Å²) < 4.78 is 0. The molecule has 0 radical (unpaired) electrons. The van der Waals surface area contributed by atoms with Crippen molar-refractivity contribution in [2.75, 3.05) is 37.6 Å². The molecule has 4 rings (SSSR count). The Kier molecular flexibility index (Phi) is 5.22. The van der Waals surface area contributed by atoms with Gasteiger partial charge in [-0.15, -0.1) is 0 Å². The number of amides is 3. The first-order valence-corrected chi connectivity index (χ1v) is 10.2. The fraction of sp³-hybridized carbons (Fsp3) is 0.455. The number of imide groups is 1. The molecular formula is C22H28N4O3. The van der Waals surface area contributed by atoms with Gasteiger partial charge in [0.2, 0.25) is 0 Å². The summed E-state index contributed by atoms with van der Waals surface area (Å²) in [5.74, 6) is 0.170. The van der Waals surface area contributed by atoms with Gasteiger partial charge in [-0.2, -0.15) is 0 Å². The lowest BCUT2D eigenvalue weighted by atomic mass is 10.0. The number of phenolic OH excluding ortho intramolecular Hbond substituents is 1. The third-order valence-corrected chi connectivity index (χ3v) is 5.90. The van der Waals surface area contributed by atoms with Crippen LogP contribution in [-0.2, 0) is 4.79 Å². The molecule has 0 bridgehead atoms. The van der Waals surface area contributed by atoms with E-state index in [1.165, 1.54) is 4.90 Å². The van der Waals surface area contributed by atoms with Gasteiger partial charge in [-0.25, -0.2) is 4.79 Å². The van der Waals surface area contributed by atoms with Gasteiger partial charge in [0, 0.05) is 43.6 Å². The first-order valence-electron chi connectivity index (χ1n) is 10.2. The fourth-order valence-corrected chi connectivity index (χ4v) is 4.17. The molecule has 7 heteroatoms. The van der Waals surface area contributed by atoms with Crippen LogP contribution in [0.15, 0.2) is 48.2 Å². The van der Waals surface area contributed by atoms with Crippen molar-refractivity contribution in [3.8, 4) is 5.75 Å². The molecule has 0 spiro atoms. The van der Waals surface area contributed by atoms with Gasteiger partial charge < -0.3 is 19.8 Å². The predicted octanol–water partition coefficient (Wildman–Crippen LogP) is 2.40. The second-order valence-corrected chi connectivity index (χ2v) is 8.05. The molecule has 0 aromatic heterocycles. The van der Waals surface area contributed by atoms with Gasteiger partial charge in [0.15, 0.2) is 0 Å². The van der Waals surface area contributed by atoms with E-state index in [2.05, 4.69) is 15.9 Å². The largest absolute Gasteiger partial charge is 0.508 e. The summed E-state index contributed by atoms with van der Waals surface area (Å²) >= 11 is 0. The SMILES string of the molecule is CC(C)N1CC(=O)N(C2C=CC(N3CCN(c4ccc(O)cc4)CC3)=CC2)C1=O. The zero-order valence-corrected chi connectivity index (χ0v) is 17.0. The van der Waals surface area contributed by atoms with Gasteiger partial charge in [-0.3, -0.25) is 9.69 Å². The Hall–Kier alpha value is -2.96. The number of anilines is 1. The van der Waals surface area contributed by atoms with Crippen LogP contribution < -0.4 is 4.90 Å². The first kappa shape index (κ1) is 19.4. The lowest BCUT2D eigenvalue weighted by molar-refractivity contribution is -0.126. The van der Waals surface area contributed by atoms with Crippen molar-refractivity contribution in [3.05, 3.63) is 48.2 Å². The quantitative estimate of drug-likeness (QED) is 0.792. The molecule has 2 fully saturated rings. The topological polar surface area (TPSA) is 67.3 Å². The van der Waals surface area contributed by atoms with E-state index in [-0.39, 0.29) is 36.3 Å². The number of hydrogen-bond acceptors (Lipinski definition) is 5. The molecule has 1 aromatic carbocycles. The summed E-state index contributed by atoms with van der Waals surface area (Å²) in [6, 6.07) is 6.98. The summed E-state index contributed by atoms with van der Waals surface area (Å²) in [5.41, 5.74) is 2.28. The predicted molar refractivity (Wildman–Crippen MR) is 112 cm³/mol. The molecule has 3 aliphatic rings. The number of carbonyl (C=O) groups is 2. The van der Waals surface area contributed by atoms with Crippen molar-refractivity contribution < 1.29 is 14.7 Å². The van der Waals surface area contributed by atoms with Crippen molar-refractivity contribution >= 4 is 17.6 Å². The van der Waals surface area contributed by atoms with Crippen LogP contribution in [0.3, 0.4) is 0 Å². The van der Waals surface area contributed by atoms with E-state index in [1.807, 2.05) is 38.1 Å². The van der Waals surface area contributed by atoms with Gasteiger partial charge in [-0.05, 0) is 50.6 Å². The normalized spacial score (nSPS) is 22.7. The van der Waals surface area contributed by atoms with Crippen molar-refractivity contribution in [2.45, 2.75) is 32.4 Å². The average Bonchev–Trinajstić information content (AvgIpc) is 3.03. The number of allylic oxidation sites excluding steroid dienone is 1. The number of aromatic hydroxyl groups is 1. The molecule has 2 aliphatic heterocycles. The van der Waals surface area contributed by atoms with E-state index in [9.17, 15) is 14.7 Å². The highest BCUT2D eigenvalue weighted by Crippen LogP contribution is 2.26. The molecular weight excluding hydrogens is 368 g/mol. The van der Waals surface area contributed by atoms with Crippen molar-refractivity contribution in [1.82, 2.24) is 14.7 Å². The molecule has 2 saturated heterocycles. The van der Waals surface area contributed by atoms with E-state index in [4.69, 9.17) is 0 Å². The van der Waals surface area contributed by atoms with Crippen molar-refractivity contribution in [2.24, 2.45) is 0 Å². The summed E-state index contributed by atoms with van der Waals surface area (Å²) in [6.45, 7) is 7.67. The number of hydrogen-bond donors (Lipinski definition) is 1. The average molecular weight is 396 g/mol. The maximum absolute atomic E-state index is 12.6. The van der Waals surface area contributed by atoms with E-state index >= 15 is 0 Å². The fourth-order valence-electron chi connectivity index (χ4n) is 4.17. The zero-order valence-electron chi connectivity index (χ0n) is 17.0. The minimum atomic E-state index is -0.194. The molecule has 1 aliphatic carbocycles. The van der Waals surface area contributed by atoms with Crippen molar-refractivity contribution in [3.63, 3.8) is 0 Å². The van der Waals surface area contributed by atoms with Crippen LogP contribution >= 0.6 is 0 Å². The number of rotatable bonds is 4. The third-order valence-electron chi connectivity index (χ3n) is 5.90. The number of carbonyl (C=O) groups excluding carboxylic acids is 2. The third kappa shape index (κ3) is 3.81. The molecule has 1 unspecified atom stereocenters. The molecule has 1 aromatic rings. The monoisotopic (exact) mass is 396 g/mol. The minimum absolute atomic E-state index is 0.0278. The first-order chi connectivity index (χ1) is 13.9. The molecule has 154 valence electrons. The molecule has 1 atom stereocenters. The van der Waals surface area contributed by atoms with Gasteiger partial charge in [0.05, 0.1) is 6.04 Å². The van der Waals surface area contributed by atoms with Crippen LogP contribution in [-0.4, -0.2) is 76.6 Å². The van der Waals surface area contributed by atoms with Gasteiger partial charge >= 0.3 is 6.03 Å².